The molecule has 0 aliphatic heterocycles. The van der Waals surface area contributed by atoms with Crippen LogP contribution in [0.1, 0.15) is 34.7 Å². The maximum Gasteiger partial charge on any atom is 0.261 e. The van der Waals surface area contributed by atoms with Crippen molar-refractivity contribution >= 4 is 5.91 Å². The second kappa shape index (κ2) is 7.32. The monoisotopic (exact) mass is 311 g/mol. The van der Waals surface area contributed by atoms with E-state index in [4.69, 9.17) is 4.74 Å². The van der Waals surface area contributed by atoms with Crippen molar-refractivity contribution in [3.05, 3.63) is 64.2 Å². The Kier molecular flexibility index (Phi) is 5.43. The quantitative estimate of drug-likeness (QED) is 0.906. The maximum absolute atomic E-state index is 12.2. The molecular formula is C20H25NO2. The summed E-state index contributed by atoms with van der Waals surface area (Å²) in [5.74, 6) is 0.671. The lowest BCUT2D eigenvalue weighted by Crippen LogP contribution is -2.36. The van der Waals surface area contributed by atoms with E-state index < -0.39 is 6.10 Å². The number of benzene rings is 2. The Morgan fingerprint density at radius 2 is 1.70 bits per heavy atom. The molecule has 1 N–H and O–H groups in total. The number of aryl methyl sites for hydroxylation is 3. The van der Waals surface area contributed by atoms with Gasteiger partial charge in [-0.3, -0.25) is 4.79 Å². The number of amides is 1. The highest BCUT2D eigenvalue weighted by Crippen LogP contribution is 2.24. The van der Waals surface area contributed by atoms with Gasteiger partial charge in [-0.2, -0.15) is 0 Å². The summed E-state index contributed by atoms with van der Waals surface area (Å²) >= 11 is 0. The van der Waals surface area contributed by atoms with Crippen LogP contribution in [0.2, 0.25) is 0 Å². The minimum absolute atomic E-state index is 0.107. The molecule has 2 aromatic rings. The van der Waals surface area contributed by atoms with Gasteiger partial charge in [0.1, 0.15) is 5.75 Å². The number of hydrogen-bond donors (Lipinski definition) is 1. The largest absolute Gasteiger partial charge is 0.481 e. The van der Waals surface area contributed by atoms with Crippen LogP contribution < -0.4 is 10.1 Å². The summed E-state index contributed by atoms with van der Waals surface area (Å²) in [5.41, 5.74) is 5.68. The highest BCUT2D eigenvalue weighted by Gasteiger charge is 2.16. The van der Waals surface area contributed by atoms with Crippen LogP contribution in [0.3, 0.4) is 0 Å². The topological polar surface area (TPSA) is 38.3 Å². The van der Waals surface area contributed by atoms with Crippen LogP contribution in [-0.4, -0.2) is 12.0 Å². The molecule has 0 saturated carbocycles. The Balaban J connectivity index is 1.96. The summed E-state index contributed by atoms with van der Waals surface area (Å²) in [5, 5.41) is 2.92. The highest BCUT2D eigenvalue weighted by atomic mass is 16.5. The molecule has 23 heavy (non-hydrogen) atoms. The van der Waals surface area contributed by atoms with E-state index in [1.54, 1.807) is 6.92 Å². The molecule has 0 saturated heterocycles. The molecular weight excluding hydrogens is 286 g/mol. The molecule has 1 atom stereocenters. The third-order valence-electron chi connectivity index (χ3n) is 4.02. The van der Waals surface area contributed by atoms with Gasteiger partial charge in [-0.15, -0.1) is 0 Å². The third-order valence-corrected chi connectivity index (χ3v) is 4.02. The van der Waals surface area contributed by atoms with E-state index >= 15 is 0 Å². The molecule has 0 bridgehead atoms. The van der Waals surface area contributed by atoms with Gasteiger partial charge in [0.15, 0.2) is 6.10 Å². The third kappa shape index (κ3) is 4.59. The Hall–Kier alpha value is -2.29. The number of carbonyl (C=O) groups excluding carboxylic acids is 1. The first-order chi connectivity index (χ1) is 10.9. The molecule has 0 spiro atoms. The zero-order valence-corrected chi connectivity index (χ0v) is 14.6. The number of rotatable bonds is 5. The van der Waals surface area contributed by atoms with Crippen LogP contribution in [0, 0.1) is 27.7 Å². The molecule has 3 nitrogen and oxygen atoms in total. The standard InChI is InChI=1S/C20H25NO2/c1-13-6-8-18(9-7-13)12-21-20(22)17(5)23-19-11-14(2)10-15(3)16(19)4/h6-11,17H,12H2,1-5H3,(H,21,22). The van der Waals surface area contributed by atoms with E-state index in [1.807, 2.05) is 51.1 Å². The Labute approximate surface area is 138 Å². The van der Waals surface area contributed by atoms with Crippen LogP contribution >= 0.6 is 0 Å². The van der Waals surface area contributed by atoms with Crippen molar-refractivity contribution in [2.75, 3.05) is 0 Å². The minimum atomic E-state index is -0.527. The smallest absolute Gasteiger partial charge is 0.261 e. The molecule has 2 rings (SSSR count). The average molecular weight is 311 g/mol. The van der Waals surface area contributed by atoms with Gasteiger partial charge in [0.05, 0.1) is 0 Å². The first-order valence-corrected chi connectivity index (χ1v) is 7.94. The van der Waals surface area contributed by atoms with Crippen molar-refractivity contribution in [3.8, 4) is 5.75 Å². The number of hydrogen-bond acceptors (Lipinski definition) is 2. The van der Waals surface area contributed by atoms with E-state index in [0.29, 0.717) is 6.54 Å². The molecule has 0 radical (unpaired) electrons. The van der Waals surface area contributed by atoms with Crippen molar-refractivity contribution in [1.82, 2.24) is 5.32 Å². The van der Waals surface area contributed by atoms with Crippen molar-refractivity contribution in [1.29, 1.82) is 0 Å². The van der Waals surface area contributed by atoms with Crippen molar-refractivity contribution in [3.63, 3.8) is 0 Å². The Morgan fingerprint density at radius 3 is 2.35 bits per heavy atom. The normalized spacial score (nSPS) is 11.9. The molecule has 1 unspecified atom stereocenters. The number of carbonyl (C=O) groups is 1. The van der Waals surface area contributed by atoms with Crippen LogP contribution in [-0.2, 0) is 11.3 Å². The minimum Gasteiger partial charge on any atom is -0.481 e. The predicted molar refractivity (Wildman–Crippen MR) is 93.8 cm³/mol. The highest BCUT2D eigenvalue weighted by molar-refractivity contribution is 5.80. The number of ether oxygens (including phenoxy) is 1. The maximum atomic E-state index is 12.2. The van der Waals surface area contributed by atoms with Gasteiger partial charge in [-0.1, -0.05) is 35.9 Å². The Morgan fingerprint density at radius 1 is 1.04 bits per heavy atom. The average Bonchev–Trinajstić information content (AvgIpc) is 2.51. The predicted octanol–water partition coefficient (Wildman–Crippen LogP) is 4.00. The molecule has 0 fully saturated rings. The molecule has 3 heteroatoms. The fraction of sp³-hybridized carbons (Fsp3) is 0.350. The molecule has 0 aromatic heterocycles. The lowest BCUT2D eigenvalue weighted by molar-refractivity contribution is -0.127. The van der Waals surface area contributed by atoms with Crippen molar-refractivity contribution in [2.45, 2.75) is 47.3 Å². The summed E-state index contributed by atoms with van der Waals surface area (Å²) in [4.78, 5) is 12.2. The SMILES string of the molecule is Cc1ccc(CNC(=O)C(C)Oc2cc(C)cc(C)c2C)cc1. The lowest BCUT2D eigenvalue weighted by Gasteiger charge is -2.18. The summed E-state index contributed by atoms with van der Waals surface area (Å²) in [6, 6.07) is 12.2. The molecule has 122 valence electrons. The van der Waals surface area contributed by atoms with E-state index in [0.717, 1.165) is 22.4 Å². The molecule has 0 aliphatic carbocycles. The van der Waals surface area contributed by atoms with Crippen LogP contribution in [0.25, 0.3) is 0 Å². The van der Waals surface area contributed by atoms with E-state index in [1.165, 1.54) is 11.1 Å². The fourth-order valence-corrected chi connectivity index (χ4v) is 2.41. The molecule has 0 heterocycles. The Bertz CT molecular complexity index is 690. The molecule has 1 amide bonds. The first kappa shape index (κ1) is 17.1. The van der Waals surface area contributed by atoms with Crippen LogP contribution in [0.5, 0.6) is 5.75 Å². The molecule has 2 aromatic carbocycles. The second-order valence-electron chi connectivity index (χ2n) is 6.17. The van der Waals surface area contributed by atoms with E-state index in [2.05, 4.69) is 18.3 Å². The second-order valence-corrected chi connectivity index (χ2v) is 6.17. The summed E-state index contributed by atoms with van der Waals surface area (Å²) < 4.78 is 5.86. The van der Waals surface area contributed by atoms with Crippen molar-refractivity contribution in [2.24, 2.45) is 0 Å². The van der Waals surface area contributed by atoms with Gasteiger partial charge >= 0.3 is 0 Å². The van der Waals surface area contributed by atoms with Crippen LogP contribution in [0.4, 0.5) is 0 Å². The molecule has 0 aliphatic rings. The summed E-state index contributed by atoms with van der Waals surface area (Å²) in [6.07, 6.45) is -0.527. The van der Waals surface area contributed by atoms with Gasteiger partial charge in [-0.05, 0) is 62.9 Å². The van der Waals surface area contributed by atoms with Crippen molar-refractivity contribution < 1.29 is 9.53 Å². The van der Waals surface area contributed by atoms with E-state index in [-0.39, 0.29) is 5.91 Å². The zero-order chi connectivity index (χ0) is 17.0. The summed E-state index contributed by atoms with van der Waals surface area (Å²) in [6.45, 7) is 10.4. The van der Waals surface area contributed by atoms with Crippen LogP contribution in [0.15, 0.2) is 36.4 Å². The van der Waals surface area contributed by atoms with Gasteiger partial charge < -0.3 is 10.1 Å². The number of nitrogens with one attached hydrogen (secondary N) is 1. The summed E-state index contributed by atoms with van der Waals surface area (Å²) in [7, 11) is 0. The fourth-order valence-electron chi connectivity index (χ4n) is 2.41. The first-order valence-electron chi connectivity index (χ1n) is 7.94. The van der Waals surface area contributed by atoms with Gasteiger partial charge in [0.2, 0.25) is 0 Å². The van der Waals surface area contributed by atoms with E-state index in [9.17, 15) is 4.79 Å². The lowest BCUT2D eigenvalue weighted by atomic mass is 10.1. The zero-order valence-electron chi connectivity index (χ0n) is 14.6. The van der Waals surface area contributed by atoms with Gasteiger partial charge in [-0.25, -0.2) is 0 Å². The van der Waals surface area contributed by atoms with Gasteiger partial charge in [0.25, 0.3) is 5.91 Å². The van der Waals surface area contributed by atoms with Gasteiger partial charge in [0, 0.05) is 6.54 Å².